The molecule has 0 fully saturated rings. The van der Waals surface area contributed by atoms with Crippen LogP contribution in [0.1, 0.15) is 29.2 Å². The largest absolute Gasteiger partial charge is 0.461 e. The molecule has 0 saturated heterocycles. The lowest BCUT2D eigenvalue weighted by molar-refractivity contribution is -0.144. The summed E-state index contributed by atoms with van der Waals surface area (Å²) in [7, 11) is 0. The van der Waals surface area contributed by atoms with Gasteiger partial charge in [-0.15, -0.1) is 0 Å². The first-order valence-corrected chi connectivity index (χ1v) is 8.88. The first-order chi connectivity index (χ1) is 13.3. The van der Waals surface area contributed by atoms with Crippen LogP contribution in [-0.2, 0) is 27.4 Å². The van der Waals surface area contributed by atoms with Crippen LogP contribution in [-0.4, -0.2) is 11.9 Å². The molecule has 3 rings (SSSR count). The van der Waals surface area contributed by atoms with Gasteiger partial charge in [0.1, 0.15) is 12.2 Å². The summed E-state index contributed by atoms with van der Waals surface area (Å²) in [5.41, 5.74) is 4.01. The van der Waals surface area contributed by atoms with Crippen molar-refractivity contribution in [2.75, 3.05) is 5.32 Å². The van der Waals surface area contributed by atoms with Crippen molar-refractivity contribution in [2.45, 2.75) is 33.8 Å². The highest BCUT2D eigenvalue weighted by Gasteiger charge is 2.12. The van der Waals surface area contributed by atoms with E-state index in [0.29, 0.717) is 16.8 Å². The molecule has 1 aromatic heterocycles. The number of esters is 1. The van der Waals surface area contributed by atoms with E-state index in [1.807, 2.05) is 26.0 Å². The fourth-order valence-corrected chi connectivity index (χ4v) is 2.93. The predicted octanol–water partition coefficient (Wildman–Crippen LogP) is 3.65. The number of hydrogen-bond donors (Lipinski definition) is 1. The van der Waals surface area contributed by atoms with Crippen LogP contribution in [0.4, 0.5) is 5.69 Å². The smallest absolute Gasteiger partial charge is 0.336 e. The van der Waals surface area contributed by atoms with Gasteiger partial charge in [-0.3, -0.25) is 9.59 Å². The number of nitrogens with one attached hydrogen (secondary N) is 1. The zero-order valence-electron chi connectivity index (χ0n) is 16.0. The second-order valence-corrected chi connectivity index (χ2v) is 6.69. The van der Waals surface area contributed by atoms with E-state index in [1.54, 1.807) is 24.3 Å². The Balaban J connectivity index is 1.70. The minimum atomic E-state index is -0.471. The first-order valence-electron chi connectivity index (χ1n) is 8.88. The number of anilines is 1. The van der Waals surface area contributed by atoms with Gasteiger partial charge in [-0.05, 0) is 42.7 Å². The Hall–Kier alpha value is -3.41. The average Bonchev–Trinajstić information content (AvgIpc) is 2.64. The fraction of sp³-hybridized carbons (Fsp3) is 0.227. The Labute approximate surface area is 162 Å². The van der Waals surface area contributed by atoms with Gasteiger partial charge in [0, 0.05) is 29.6 Å². The van der Waals surface area contributed by atoms with Crippen molar-refractivity contribution in [1.29, 1.82) is 0 Å². The van der Waals surface area contributed by atoms with Gasteiger partial charge < -0.3 is 14.5 Å². The number of benzene rings is 2. The van der Waals surface area contributed by atoms with E-state index < -0.39 is 11.6 Å². The van der Waals surface area contributed by atoms with Crippen molar-refractivity contribution >= 4 is 28.5 Å². The molecule has 1 amide bonds. The zero-order chi connectivity index (χ0) is 20.3. The average molecular weight is 379 g/mol. The minimum absolute atomic E-state index is 0.00654. The molecule has 0 radical (unpaired) electrons. The summed E-state index contributed by atoms with van der Waals surface area (Å²) in [6.45, 7) is 5.26. The lowest BCUT2D eigenvalue weighted by atomic mass is 10.0. The van der Waals surface area contributed by atoms with Crippen molar-refractivity contribution in [1.82, 2.24) is 0 Å². The highest BCUT2D eigenvalue weighted by Crippen LogP contribution is 2.23. The normalized spacial score (nSPS) is 10.7. The van der Waals surface area contributed by atoms with Gasteiger partial charge >= 0.3 is 11.6 Å². The van der Waals surface area contributed by atoms with Gasteiger partial charge in [-0.1, -0.05) is 24.3 Å². The molecule has 6 nitrogen and oxygen atoms in total. The fourth-order valence-electron chi connectivity index (χ4n) is 2.93. The van der Waals surface area contributed by atoms with Crippen LogP contribution >= 0.6 is 0 Å². The summed E-state index contributed by atoms with van der Waals surface area (Å²) in [4.78, 5) is 35.1. The molecule has 1 N–H and O–H groups in total. The zero-order valence-corrected chi connectivity index (χ0v) is 16.0. The molecular weight excluding hydrogens is 358 g/mol. The summed E-state index contributed by atoms with van der Waals surface area (Å²) >= 11 is 0. The standard InChI is InChI=1S/C22H21NO5/c1-13-4-9-19-17(11-21(26)28-22(19)14(13)2)12-27-20(25)10-16-5-7-18(8-6-16)23-15(3)24/h4-9,11H,10,12H2,1-3H3,(H,23,24). The Kier molecular flexibility index (Phi) is 5.59. The maximum atomic E-state index is 12.2. The summed E-state index contributed by atoms with van der Waals surface area (Å²) in [6.07, 6.45) is 0.0951. The van der Waals surface area contributed by atoms with Gasteiger partial charge in [0.15, 0.2) is 0 Å². The van der Waals surface area contributed by atoms with Crippen molar-refractivity contribution < 1.29 is 18.7 Å². The summed E-state index contributed by atoms with van der Waals surface area (Å²) in [5.74, 6) is -0.561. The quantitative estimate of drug-likeness (QED) is 0.540. The lowest BCUT2D eigenvalue weighted by Crippen LogP contribution is -2.10. The first kappa shape index (κ1) is 19.4. The highest BCUT2D eigenvalue weighted by molar-refractivity contribution is 5.88. The number of amides is 1. The summed E-state index contributed by atoms with van der Waals surface area (Å²) < 4.78 is 10.7. The molecule has 1 heterocycles. The molecule has 2 aromatic carbocycles. The molecule has 3 aromatic rings. The second kappa shape index (κ2) is 8.08. The van der Waals surface area contributed by atoms with Crippen molar-refractivity contribution in [3.05, 3.63) is 75.1 Å². The van der Waals surface area contributed by atoms with Gasteiger partial charge in [-0.2, -0.15) is 0 Å². The van der Waals surface area contributed by atoms with Crippen molar-refractivity contribution in [3.63, 3.8) is 0 Å². The van der Waals surface area contributed by atoms with Crippen LogP contribution in [0.2, 0.25) is 0 Å². The van der Waals surface area contributed by atoms with Crippen LogP contribution in [0.3, 0.4) is 0 Å². The maximum absolute atomic E-state index is 12.2. The van der Waals surface area contributed by atoms with E-state index in [-0.39, 0.29) is 18.9 Å². The van der Waals surface area contributed by atoms with Crippen molar-refractivity contribution in [3.8, 4) is 0 Å². The number of hydrogen-bond acceptors (Lipinski definition) is 5. The molecule has 6 heteroatoms. The molecular formula is C22H21NO5. The molecule has 0 spiro atoms. The SMILES string of the molecule is CC(=O)Nc1ccc(CC(=O)OCc2cc(=O)oc3c(C)c(C)ccc23)cc1. The molecule has 0 aliphatic carbocycles. The number of rotatable bonds is 5. The third-order valence-corrected chi connectivity index (χ3v) is 4.53. The van der Waals surface area contributed by atoms with Crippen LogP contribution < -0.4 is 10.9 Å². The third kappa shape index (κ3) is 4.46. The van der Waals surface area contributed by atoms with E-state index in [2.05, 4.69) is 5.32 Å². The molecule has 0 saturated carbocycles. The topological polar surface area (TPSA) is 85.6 Å². The number of fused-ring (bicyclic) bond motifs is 1. The van der Waals surface area contributed by atoms with E-state index in [0.717, 1.165) is 22.1 Å². The molecule has 28 heavy (non-hydrogen) atoms. The molecule has 0 aliphatic rings. The second-order valence-electron chi connectivity index (χ2n) is 6.69. The summed E-state index contributed by atoms with van der Waals surface area (Å²) in [6, 6.07) is 12.1. The van der Waals surface area contributed by atoms with Crippen LogP contribution in [0.5, 0.6) is 0 Å². The Morgan fingerprint density at radius 3 is 2.46 bits per heavy atom. The molecule has 0 atom stereocenters. The number of carbonyl (C=O) groups excluding carboxylic acids is 2. The van der Waals surface area contributed by atoms with Gasteiger partial charge in [-0.25, -0.2) is 4.79 Å². The number of aryl methyl sites for hydroxylation is 2. The number of ether oxygens (including phenoxy) is 1. The Morgan fingerprint density at radius 2 is 1.79 bits per heavy atom. The van der Waals surface area contributed by atoms with Crippen molar-refractivity contribution in [2.24, 2.45) is 0 Å². The van der Waals surface area contributed by atoms with Crippen LogP contribution in [0, 0.1) is 13.8 Å². The Morgan fingerprint density at radius 1 is 1.07 bits per heavy atom. The lowest BCUT2D eigenvalue weighted by Gasteiger charge is -2.10. The van der Waals surface area contributed by atoms with Crippen LogP contribution in [0.25, 0.3) is 11.0 Å². The molecule has 0 unspecified atom stereocenters. The van der Waals surface area contributed by atoms with Gasteiger partial charge in [0.05, 0.1) is 6.42 Å². The minimum Gasteiger partial charge on any atom is -0.461 e. The number of carbonyl (C=O) groups is 2. The Bertz CT molecular complexity index is 1100. The third-order valence-electron chi connectivity index (χ3n) is 4.53. The maximum Gasteiger partial charge on any atom is 0.336 e. The van der Waals surface area contributed by atoms with Gasteiger partial charge in [0.2, 0.25) is 5.91 Å². The molecule has 144 valence electrons. The van der Waals surface area contributed by atoms with Crippen LogP contribution in [0.15, 0.2) is 51.7 Å². The molecule has 0 aliphatic heterocycles. The van der Waals surface area contributed by atoms with E-state index in [1.165, 1.54) is 13.0 Å². The molecule has 0 bridgehead atoms. The van der Waals surface area contributed by atoms with E-state index in [4.69, 9.17) is 9.15 Å². The highest BCUT2D eigenvalue weighted by atomic mass is 16.5. The predicted molar refractivity (Wildman–Crippen MR) is 106 cm³/mol. The monoisotopic (exact) mass is 379 g/mol. The van der Waals surface area contributed by atoms with Gasteiger partial charge in [0.25, 0.3) is 0 Å². The van der Waals surface area contributed by atoms with E-state index >= 15 is 0 Å². The van der Waals surface area contributed by atoms with E-state index in [9.17, 15) is 14.4 Å². The summed E-state index contributed by atoms with van der Waals surface area (Å²) in [5, 5.41) is 3.43.